The van der Waals surface area contributed by atoms with E-state index in [1.807, 2.05) is 25.5 Å². The van der Waals surface area contributed by atoms with Crippen LogP contribution >= 0.6 is 11.8 Å². The van der Waals surface area contributed by atoms with Crippen LogP contribution in [0.5, 0.6) is 0 Å². The third kappa shape index (κ3) is 4.15. The summed E-state index contributed by atoms with van der Waals surface area (Å²) < 4.78 is 6.01. The minimum atomic E-state index is -0.0997. The zero-order valence-electron chi connectivity index (χ0n) is 15.7. The van der Waals surface area contributed by atoms with Gasteiger partial charge >= 0.3 is 0 Å². The summed E-state index contributed by atoms with van der Waals surface area (Å²) in [5, 5.41) is 3.23. The van der Waals surface area contributed by atoms with Crippen LogP contribution in [-0.2, 0) is 16.1 Å². The summed E-state index contributed by atoms with van der Waals surface area (Å²) in [7, 11) is 1.83. The second kappa shape index (κ2) is 8.59. The highest BCUT2D eigenvalue weighted by Gasteiger charge is 2.51. The first kappa shape index (κ1) is 19.5. The summed E-state index contributed by atoms with van der Waals surface area (Å²) in [5.41, 5.74) is 7.00. The zero-order chi connectivity index (χ0) is 18.6. The molecule has 1 amide bonds. The number of anilines is 1. The van der Waals surface area contributed by atoms with Crippen LogP contribution in [0.2, 0.25) is 0 Å². The summed E-state index contributed by atoms with van der Waals surface area (Å²) in [6.07, 6.45) is 8.28. The van der Waals surface area contributed by atoms with Gasteiger partial charge in [-0.2, -0.15) is 11.8 Å². The Morgan fingerprint density at radius 2 is 2.38 bits per heavy atom. The van der Waals surface area contributed by atoms with E-state index in [9.17, 15) is 4.79 Å². The van der Waals surface area contributed by atoms with Gasteiger partial charge in [-0.25, -0.2) is 4.98 Å². The van der Waals surface area contributed by atoms with E-state index >= 15 is 0 Å². The molecule has 6 nitrogen and oxygen atoms in total. The third-order valence-corrected chi connectivity index (χ3v) is 6.51. The largest absolute Gasteiger partial charge is 0.383 e. The normalized spacial score (nSPS) is 28.7. The van der Waals surface area contributed by atoms with E-state index < -0.39 is 0 Å². The predicted molar refractivity (Wildman–Crippen MR) is 106 cm³/mol. The lowest BCUT2D eigenvalue weighted by atomic mass is 9.78. The number of likely N-dealkylation sites (tertiary alicyclic amines) is 1. The van der Waals surface area contributed by atoms with Crippen molar-refractivity contribution in [2.75, 3.05) is 31.4 Å². The van der Waals surface area contributed by atoms with E-state index in [1.165, 1.54) is 0 Å². The SMILES string of the molecule is CO[C@@]12CC[C@@H](NC(=O)CCSC)C[C@@H]1N(Cc1cccnc1N)CC2. The van der Waals surface area contributed by atoms with Crippen LogP contribution < -0.4 is 11.1 Å². The van der Waals surface area contributed by atoms with Gasteiger partial charge in [-0.1, -0.05) is 6.07 Å². The standard InChI is InChI=1S/C19H30N4O2S/c1-25-19-7-5-15(22-17(24)6-11-26-2)12-16(19)23(10-8-19)13-14-4-3-9-21-18(14)20/h3-4,9,15-16H,5-8,10-13H2,1-2H3,(H2,20,21)(H,22,24)/t15-,16+,19-/m1/s1. The van der Waals surface area contributed by atoms with Gasteiger partial charge in [0.15, 0.2) is 0 Å². The fraction of sp³-hybridized carbons (Fsp3) is 0.684. The Bertz CT molecular complexity index is 629. The fourth-order valence-corrected chi connectivity index (χ4v) is 4.80. The Kier molecular flexibility index (Phi) is 6.42. The average molecular weight is 379 g/mol. The number of hydrogen-bond donors (Lipinski definition) is 2. The van der Waals surface area contributed by atoms with Crippen LogP contribution in [0.15, 0.2) is 18.3 Å². The summed E-state index contributed by atoms with van der Waals surface area (Å²) in [5.74, 6) is 1.63. The molecule has 1 saturated carbocycles. The molecule has 1 aromatic heterocycles. The molecular formula is C19H30N4O2S. The molecule has 7 heteroatoms. The number of methoxy groups -OCH3 is 1. The molecule has 2 aliphatic rings. The smallest absolute Gasteiger partial charge is 0.221 e. The van der Waals surface area contributed by atoms with Gasteiger partial charge in [0.05, 0.1) is 5.60 Å². The summed E-state index contributed by atoms with van der Waals surface area (Å²) in [6.45, 7) is 1.77. The molecular weight excluding hydrogens is 348 g/mol. The van der Waals surface area contributed by atoms with Gasteiger partial charge in [0.1, 0.15) is 5.82 Å². The number of thioether (sulfide) groups is 1. The van der Waals surface area contributed by atoms with Crippen molar-refractivity contribution in [3.8, 4) is 0 Å². The number of nitrogens with one attached hydrogen (secondary N) is 1. The number of hydrogen-bond acceptors (Lipinski definition) is 6. The molecule has 1 aliphatic heterocycles. The van der Waals surface area contributed by atoms with Crippen LogP contribution in [0, 0.1) is 0 Å². The highest BCUT2D eigenvalue weighted by atomic mass is 32.2. The molecule has 26 heavy (non-hydrogen) atoms. The molecule has 0 unspecified atom stereocenters. The van der Waals surface area contributed by atoms with Crippen molar-refractivity contribution in [2.24, 2.45) is 0 Å². The van der Waals surface area contributed by atoms with Crippen LogP contribution in [-0.4, -0.2) is 59.1 Å². The van der Waals surface area contributed by atoms with E-state index in [-0.39, 0.29) is 17.6 Å². The Morgan fingerprint density at radius 3 is 3.12 bits per heavy atom. The lowest BCUT2D eigenvalue weighted by molar-refractivity contribution is -0.123. The number of ether oxygens (including phenoxy) is 1. The molecule has 0 radical (unpaired) electrons. The highest BCUT2D eigenvalue weighted by Crippen LogP contribution is 2.43. The number of nitrogens with zero attached hydrogens (tertiary/aromatic N) is 2. The molecule has 0 bridgehead atoms. The van der Waals surface area contributed by atoms with Gasteiger partial charge in [0.2, 0.25) is 5.91 Å². The highest BCUT2D eigenvalue weighted by molar-refractivity contribution is 7.98. The summed E-state index contributed by atoms with van der Waals surface area (Å²) >= 11 is 1.71. The predicted octanol–water partition coefficient (Wildman–Crippen LogP) is 2.05. The monoisotopic (exact) mass is 378 g/mol. The maximum Gasteiger partial charge on any atom is 0.221 e. The summed E-state index contributed by atoms with van der Waals surface area (Å²) in [6, 6.07) is 4.50. The van der Waals surface area contributed by atoms with Crippen LogP contribution in [0.25, 0.3) is 0 Å². The first-order valence-corrected chi connectivity index (χ1v) is 10.7. The molecule has 1 aromatic rings. The zero-order valence-corrected chi connectivity index (χ0v) is 16.6. The van der Waals surface area contributed by atoms with Gasteiger partial charge in [0.25, 0.3) is 0 Å². The van der Waals surface area contributed by atoms with E-state index in [1.54, 1.807) is 18.0 Å². The van der Waals surface area contributed by atoms with Crippen molar-refractivity contribution in [1.29, 1.82) is 0 Å². The van der Waals surface area contributed by atoms with Gasteiger partial charge in [-0.3, -0.25) is 9.69 Å². The molecule has 1 aliphatic carbocycles. The number of fused-ring (bicyclic) bond motifs is 1. The van der Waals surface area contributed by atoms with Gasteiger partial charge < -0.3 is 15.8 Å². The molecule has 144 valence electrons. The lowest BCUT2D eigenvalue weighted by Gasteiger charge is -2.44. The second-order valence-electron chi connectivity index (χ2n) is 7.33. The van der Waals surface area contributed by atoms with Crippen molar-refractivity contribution in [1.82, 2.24) is 15.2 Å². The fourth-order valence-electron chi connectivity index (χ4n) is 4.41. The number of aromatic nitrogens is 1. The molecule has 0 spiro atoms. The number of carbonyl (C=O) groups is 1. The van der Waals surface area contributed by atoms with Gasteiger partial charge in [0, 0.05) is 56.2 Å². The molecule has 1 saturated heterocycles. The van der Waals surface area contributed by atoms with Crippen molar-refractivity contribution in [3.63, 3.8) is 0 Å². The maximum atomic E-state index is 12.1. The lowest BCUT2D eigenvalue weighted by Crippen LogP contribution is -2.54. The van der Waals surface area contributed by atoms with E-state index in [0.29, 0.717) is 18.3 Å². The van der Waals surface area contributed by atoms with Gasteiger partial charge in [-0.05, 0) is 38.0 Å². The molecule has 2 fully saturated rings. The van der Waals surface area contributed by atoms with E-state index in [2.05, 4.69) is 15.2 Å². The molecule has 3 N–H and O–H groups in total. The summed E-state index contributed by atoms with van der Waals surface area (Å²) in [4.78, 5) is 18.8. The van der Waals surface area contributed by atoms with Crippen LogP contribution in [0.4, 0.5) is 5.82 Å². The van der Waals surface area contributed by atoms with Crippen LogP contribution in [0.3, 0.4) is 0 Å². The Balaban J connectivity index is 1.67. The molecule has 0 aromatic carbocycles. The Labute approximate surface area is 160 Å². The van der Waals surface area contributed by atoms with Crippen molar-refractivity contribution in [3.05, 3.63) is 23.9 Å². The minimum Gasteiger partial charge on any atom is -0.383 e. The number of pyridine rings is 1. The first-order chi connectivity index (χ1) is 12.6. The van der Waals surface area contributed by atoms with Crippen molar-refractivity contribution >= 4 is 23.5 Å². The molecule has 3 rings (SSSR count). The number of nitrogen functional groups attached to an aromatic ring is 1. The van der Waals surface area contributed by atoms with Gasteiger partial charge in [-0.15, -0.1) is 0 Å². The minimum absolute atomic E-state index is 0.0997. The number of rotatable bonds is 7. The van der Waals surface area contributed by atoms with Crippen molar-refractivity contribution < 1.29 is 9.53 Å². The first-order valence-electron chi connectivity index (χ1n) is 9.35. The topological polar surface area (TPSA) is 80.5 Å². The average Bonchev–Trinajstić information content (AvgIpc) is 3.00. The van der Waals surface area contributed by atoms with Crippen molar-refractivity contribution in [2.45, 2.75) is 56.3 Å². The molecule has 2 heterocycles. The Morgan fingerprint density at radius 1 is 1.54 bits per heavy atom. The number of carbonyl (C=O) groups excluding carboxylic acids is 1. The van der Waals surface area contributed by atoms with E-state index in [4.69, 9.17) is 10.5 Å². The Hall–Kier alpha value is -1.31. The maximum absolute atomic E-state index is 12.1. The van der Waals surface area contributed by atoms with E-state index in [0.717, 1.165) is 50.1 Å². The quantitative estimate of drug-likeness (QED) is 0.756. The van der Waals surface area contributed by atoms with Crippen LogP contribution in [0.1, 0.15) is 37.7 Å². The second-order valence-corrected chi connectivity index (χ2v) is 8.32. The number of amides is 1. The third-order valence-electron chi connectivity index (χ3n) is 5.90. The molecule has 3 atom stereocenters. The number of nitrogens with two attached hydrogens (primary N) is 1.